The number of rotatable bonds is 3. The molecule has 1 aromatic rings. The average molecular weight is 392 g/mol. The molecule has 2 heterocycles. The average Bonchev–Trinajstić information content (AvgIpc) is 2.84. The van der Waals surface area contributed by atoms with Gasteiger partial charge in [0.2, 0.25) is 5.91 Å². The lowest BCUT2D eigenvalue weighted by Gasteiger charge is -2.29. The van der Waals surface area contributed by atoms with E-state index in [2.05, 4.69) is 16.0 Å². The summed E-state index contributed by atoms with van der Waals surface area (Å²) in [4.78, 5) is 23.6. The fraction of sp³-hybridized carbons (Fsp3) is 0.529. The lowest BCUT2D eigenvalue weighted by Crippen LogP contribution is -2.48. The van der Waals surface area contributed by atoms with Crippen LogP contribution in [0.2, 0.25) is 0 Å². The molecule has 2 bridgehead atoms. The molecule has 0 aromatic heterocycles. The summed E-state index contributed by atoms with van der Waals surface area (Å²) in [6.45, 7) is 1.20. The van der Waals surface area contributed by atoms with Crippen LogP contribution < -0.4 is 16.0 Å². The van der Waals surface area contributed by atoms with Gasteiger partial charge in [0.15, 0.2) is 0 Å². The number of piperidine rings is 1. The zero-order valence-corrected chi connectivity index (χ0v) is 15.0. The first-order chi connectivity index (χ1) is 11.7. The van der Waals surface area contributed by atoms with Crippen molar-refractivity contribution in [3.05, 3.63) is 29.3 Å². The highest BCUT2D eigenvalue weighted by Gasteiger charge is 2.35. The molecule has 2 amide bonds. The summed E-state index contributed by atoms with van der Waals surface area (Å²) in [5.41, 5.74) is -1.11. The van der Waals surface area contributed by atoms with Crippen LogP contribution in [-0.2, 0) is 11.0 Å². The molecule has 0 aliphatic carbocycles. The highest BCUT2D eigenvalue weighted by Crippen LogP contribution is 2.32. The third-order valence-corrected chi connectivity index (χ3v) is 4.65. The van der Waals surface area contributed by atoms with E-state index >= 15 is 0 Å². The number of nitrogens with one attached hydrogen (secondary N) is 3. The van der Waals surface area contributed by atoms with Crippen LogP contribution in [0.4, 0.5) is 18.9 Å². The van der Waals surface area contributed by atoms with Gasteiger partial charge in [-0.15, -0.1) is 12.4 Å². The summed E-state index contributed by atoms with van der Waals surface area (Å²) >= 11 is 0. The molecule has 3 rings (SSSR count). The zero-order chi connectivity index (χ0) is 18.2. The maximum Gasteiger partial charge on any atom is 0.416 e. The summed E-state index contributed by atoms with van der Waals surface area (Å²) in [6.07, 6.45) is -0.919. The molecule has 0 saturated carbocycles. The van der Waals surface area contributed by atoms with Crippen LogP contribution in [0.1, 0.15) is 48.5 Å². The third-order valence-electron chi connectivity index (χ3n) is 4.65. The molecule has 5 nitrogen and oxygen atoms in total. The van der Waals surface area contributed by atoms with Crippen LogP contribution in [0, 0.1) is 0 Å². The Balaban J connectivity index is 0.00000243. The molecule has 1 aromatic carbocycles. The lowest BCUT2D eigenvalue weighted by molar-refractivity contribution is -0.137. The molecule has 3 N–H and O–H groups in total. The van der Waals surface area contributed by atoms with Crippen molar-refractivity contribution in [3.8, 4) is 0 Å². The minimum atomic E-state index is -4.60. The van der Waals surface area contributed by atoms with Crippen LogP contribution in [-0.4, -0.2) is 29.9 Å². The van der Waals surface area contributed by atoms with E-state index in [0.717, 1.165) is 37.8 Å². The van der Waals surface area contributed by atoms with Crippen molar-refractivity contribution in [2.75, 3.05) is 5.32 Å². The van der Waals surface area contributed by atoms with Gasteiger partial charge in [-0.1, -0.05) is 0 Å². The number of carbonyl (C=O) groups is 2. The number of fused-ring (bicyclic) bond motifs is 2. The molecule has 2 fully saturated rings. The fourth-order valence-electron chi connectivity index (χ4n) is 3.64. The van der Waals surface area contributed by atoms with Gasteiger partial charge in [0.1, 0.15) is 0 Å². The van der Waals surface area contributed by atoms with E-state index in [1.54, 1.807) is 0 Å². The topological polar surface area (TPSA) is 70.2 Å². The second-order valence-electron chi connectivity index (χ2n) is 6.76. The molecular formula is C17H21ClF3N3O2. The van der Waals surface area contributed by atoms with E-state index in [-0.39, 0.29) is 29.7 Å². The second kappa shape index (κ2) is 7.84. The number of hydrogen-bond donors (Lipinski definition) is 3. The van der Waals surface area contributed by atoms with Gasteiger partial charge in [-0.05, 0) is 43.9 Å². The Bertz CT molecular complexity index is 684. The van der Waals surface area contributed by atoms with Gasteiger partial charge in [-0.2, -0.15) is 13.2 Å². The van der Waals surface area contributed by atoms with E-state index in [1.165, 1.54) is 13.0 Å². The van der Waals surface area contributed by atoms with Crippen LogP contribution in [0.5, 0.6) is 0 Å². The Morgan fingerprint density at radius 1 is 1.12 bits per heavy atom. The molecule has 26 heavy (non-hydrogen) atoms. The first-order valence-electron chi connectivity index (χ1n) is 8.27. The van der Waals surface area contributed by atoms with Crippen LogP contribution in [0.3, 0.4) is 0 Å². The van der Waals surface area contributed by atoms with Gasteiger partial charge in [0.25, 0.3) is 5.91 Å². The molecule has 0 radical (unpaired) electrons. The highest BCUT2D eigenvalue weighted by atomic mass is 35.5. The predicted molar refractivity (Wildman–Crippen MR) is 93.4 cm³/mol. The van der Waals surface area contributed by atoms with Crippen molar-refractivity contribution in [2.24, 2.45) is 0 Å². The predicted octanol–water partition coefficient (Wildman–Crippen LogP) is 3.10. The standard InChI is InChI=1S/C17H20F3N3O2.ClH/c1-9(24)21-14-5-10(4-11(6-14)17(18,19)20)16(25)23-15-7-12-2-3-13(8-15)22-12;/h4-6,12-13,15,22H,2-3,7-8H2,1H3,(H,21,24)(H,23,25);1H. The van der Waals surface area contributed by atoms with E-state index in [9.17, 15) is 22.8 Å². The quantitative estimate of drug-likeness (QED) is 0.741. The smallest absolute Gasteiger partial charge is 0.349 e. The van der Waals surface area contributed by atoms with Crippen molar-refractivity contribution < 1.29 is 22.8 Å². The number of carbonyl (C=O) groups excluding carboxylic acids is 2. The summed E-state index contributed by atoms with van der Waals surface area (Å²) in [5, 5.41) is 8.59. The highest BCUT2D eigenvalue weighted by molar-refractivity contribution is 5.97. The maximum atomic E-state index is 13.1. The van der Waals surface area contributed by atoms with Crippen molar-refractivity contribution in [3.63, 3.8) is 0 Å². The summed E-state index contributed by atoms with van der Waals surface area (Å²) in [6, 6.07) is 3.58. The SMILES string of the molecule is CC(=O)Nc1cc(C(=O)NC2CC3CCC(C2)N3)cc(C(F)(F)F)c1.Cl. The Morgan fingerprint density at radius 2 is 1.73 bits per heavy atom. The van der Waals surface area contributed by atoms with Gasteiger partial charge in [-0.25, -0.2) is 0 Å². The van der Waals surface area contributed by atoms with Crippen molar-refractivity contribution >= 4 is 29.9 Å². The summed E-state index contributed by atoms with van der Waals surface area (Å²) in [7, 11) is 0. The number of amides is 2. The van der Waals surface area contributed by atoms with Crippen LogP contribution >= 0.6 is 12.4 Å². The van der Waals surface area contributed by atoms with Crippen LogP contribution in [0.25, 0.3) is 0 Å². The maximum absolute atomic E-state index is 13.1. The molecule has 0 spiro atoms. The van der Waals surface area contributed by atoms with Gasteiger partial charge in [0.05, 0.1) is 5.56 Å². The second-order valence-corrected chi connectivity index (χ2v) is 6.76. The first kappa shape index (κ1) is 20.5. The molecule has 2 saturated heterocycles. The Labute approximate surface area is 155 Å². The molecule has 9 heteroatoms. The Morgan fingerprint density at radius 3 is 2.27 bits per heavy atom. The molecule has 2 aliphatic heterocycles. The van der Waals surface area contributed by atoms with E-state index in [4.69, 9.17) is 0 Å². The zero-order valence-electron chi connectivity index (χ0n) is 14.2. The van der Waals surface area contributed by atoms with Crippen molar-refractivity contribution in [2.45, 2.75) is 56.9 Å². The molecule has 2 aliphatic rings. The number of alkyl halides is 3. The molecule has 2 atom stereocenters. The van der Waals surface area contributed by atoms with Crippen LogP contribution in [0.15, 0.2) is 18.2 Å². The number of anilines is 1. The number of benzene rings is 1. The van der Waals surface area contributed by atoms with Crippen molar-refractivity contribution in [1.82, 2.24) is 10.6 Å². The van der Waals surface area contributed by atoms with Gasteiger partial charge < -0.3 is 16.0 Å². The Hall–Kier alpha value is -1.80. The first-order valence-corrected chi connectivity index (χ1v) is 8.27. The molecule has 2 unspecified atom stereocenters. The van der Waals surface area contributed by atoms with E-state index in [0.29, 0.717) is 12.1 Å². The lowest BCUT2D eigenvalue weighted by atomic mass is 9.99. The van der Waals surface area contributed by atoms with Gasteiger partial charge in [0, 0.05) is 36.3 Å². The normalized spacial score (nSPS) is 24.5. The minimum absolute atomic E-state index is 0. The third kappa shape index (κ3) is 4.88. The molecule has 144 valence electrons. The van der Waals surface area contributed by atoms with E-state index in [1.807, 2.05) is 0 Å². The number of halogens is 4. The molecular weight excluding hydrogens is 371 g/mol. The summed E-state index contributed by atoms with van der Waals surface area (Å²) < 4.78 is 39.2. The van der Waals surface area contributed by atoms with Gasteiger partial charge in [-0.3, -0.25) is 9.59 Å². The minimum Gasteiger partial charge on any atom is -0.349 e. The van der Waals surface area contributed by atoms with Crippen molar-refractivity contribution in [1.29, 1.82) is 0 Å². The van der Waals surface area contributed by atoms with Gasteiger partial charge >= 0.3 is 6.18 Å². The monoisotopic (exact) mass is 391 g/mol. The largest absolute Gasteiger partial charge is 0.416 e. The fourth-order valence-corrected chi connectivity index (χ4v) is 3.64. The van der Waals surface area contributed by atoms with E-state index < -0.39 is 23.6 Å². The summed E-state index contributed by atoms with van der Waals surface area (Å²) in [5.74, 6) is -1.05. The number of hydrogen-bond acceptors (Lipinski definition) is 3. The Kier molecular flexibility index (Phi) is 6.18.